The van der Waals surface area contributed by atoms with Crippen LogP contribution in [-0.4, -0.2) is 54.6 Å². The van der Waals surface area contributed by atoms with Crippen molar-refractivity contribution in [2.75, 3.05) is 18.8 Å². The topological polar surface area (TPSA) is 117 Å². The van der Waals surface area contributed by atoms with E-state index in [9.17, 15) is 15.0 Å². The van der Waals surface area contributed by atoms with Crippen molar-refractivity contribution < 1.29 is 15.0 Å². The van der Waals surface area contributed by atoms with Crippen molar-refractivity contribution in [1.82, 2.24) is 19.3 Å². The van der Waals surface area contributed by atoms with E-state index in [1.54, 1.807) is 24.4 Å². The van der Waals surface area contributed by atoms with Crippen LogP contribution >= 0.6 is 0 Å². The van der Waals surface area contributed by atoms with E-state index in [1.165, 1.54) is 0 Å². The summed E-state index contributed by atoms with van der Waals surface area (Å²) in [5, 5.41) is 19.7. The van der Waals surface area contributed by atoms with Crippen LogP contribution in [0.5, 0.6) is 5.75 Å². The number of aliphatic hydroxyl groups is 1. The van der Waals surface area contributed by atoms with E-state index in [4.69, 9.17) is 10.7 Å². The predicted molar refractivity (Wildman–Crippen MR) is 116 cm³/mol. The van der Waals surface area contributed by atoms with Crippen LogP contribution in [0.3, 0.4) is 0 Å². The van der Waals surface area contributed by atoms with E-state index >= 15 is 0 Å². The third-order valence-electron chi connectivity index (χ3n) is 6.65. The monoisotopic (exact) mass is 421 g/mol. The molecule has 162 valence electrons. The Balaban J connectivity index is 1.41. The lowest BCUT2D eigenvalue weighted by Gasteiger charge is -2.30. The first-order chi connectivity index (χ1) is 15.0. The zero-order chi connectivity index (χ0) is 21.5. The van der Waals surface area contributed by atoms with Gasteiger partial charge in [0.1, 0.15) is 28.6 Å². The average molecular weight is 422 g/mol. The van der Waals surface area contributed by atoms with Gasteiger partial charge in [-0.05, 0) is 44.2 Å². The number of aromatic nitrogens is 3. The van der Waals surface area contributed by atoms with E-state index in [0.717, 1.165) is 42.6 Å². The van der Waals surface area contributed by atoms with Crippen LogP contribution in [-0.2, 0) is 4.79 Å². The largest absolute Gasteiger partial charge is 0.508 e. The van der Waals surface area contributed by atoms with E-state index in [0.29, 0.717) is 31.0 Å². The highest BCUT2D eigenvalue weighted by molar-refractivity contribution is 5.85. The fourth-order valence-electron chi connectivity index (χ4n) is 5.03. The lowest BCUT2D eigenvalue weighted by atomic mass is 9.81. The molecule has 1 aliphatic carbocycles. The molecule has 0 radical (unpaired) electrons. The molecule has 5 rings (SSSR count). The van der Waals surface area contributed by atoms with Gasteiger partial charge in [0.15, 0.2) is 0 Å². The maximum Gasteiger partial charge on any atom is 0.225 e. The van der Waals surface area contributed by atoms with Gasteiger partial charge in [0, 0.05) is 42.9 Å². The SMILES string of the molecule is Nc1nccn2c(C3CCC(C(=O)N4CCC(O)C4)CC3)nc(-c3cccc(O)c3)c12. The summed E-state index contributed by atoms with van der Waals surface area (Å²) in [6.45, 7) is 1.12. The third-order valence-corrected chi connectivity index (χ3v) is 6.65. The molecule has 3 aromatic rings. The van der Waals surface area contributed by atoms with Gasteiger partial charge < -0.3 is 20.8 Å². The minimum atomic E-state index is -0.383. The molecule has 1 aromatic carbocycles. The lowest BCUT2D eigenvalue weighted by molar-refractivity contribution is -0.135. The lowest BCUT2D eigenvalue weighted by Crippen LogP contribution is -2.36. The van der Waals surface area contributed by atoms with Crippen molar-refractivity contribution in [2.24, 2.45) is 5.92 Å². The molecule has 0 spiro atoms. The first-order valence-corrected chi connectivity index (χ1v) is 10.9. The van der Waals surface area contributed by atoms with Gasteiger partial charge >= 0.3 is 0 Å². The van der Waals surface area contributed by atoms with Gasteiger partial charge in [-0.2, -0.15) is 0 Å². The highest BCUT2D eigenvalue weighted by Crippen LogP contribution is 2.39. The number of nitrogen functional groups attached to an aromatic ring is 1. The van der Waals surface area contributed by atoms with Crippen molar-refractivity contribution in [2.45, 2.75) is 44.1 Å². The van der Waals surface area contributed by atoms with E-state index in [-0.39, 0.29) is 29.6 Å². The van der Waals surface area contributed by atoms with Gasteiger partial charge in [0.05, 0.1) is 6.10 Å². The second-order valence-corrected chi connectivity index (χ2v) is 8.68. The minimum absolute atomic E-state index is 0.0186. The van der Waals surface area contributed by atoms with E-state index < -0.39 is 0 Å². The molecule has 1 aliphatic heterocycles. The standard InChI is InChI=1S/C23H27N5O3/c24-21-20-19(16-2-1-3-17(29)12-16)26-22(28(20)11-9-25-21)14-4-6-15(7-5-14)23(31)27-10-8-18(30)13-27/h1-3,9,11-12,14-15,18,29-30H,4-8,10,13H2,(H2,24,25). The number of aliphatic hydroxyl groups excluding tert-OH is 1. The van der Waals surface area contributed by atoms with Gasteiger partial charge in [-0.25, -0.2) is 9.97 Å². The number of nitrogens with zero attached hydrogens (tertiary/aromatic N) is 4. The molecule has 8 nitrogen and oxygen atoms in total. The van der Waals surface area contributed by atoms with Crippen LogP contribution in [0.15, 0.2) is 36.7 Å². The molecule has 8 heteroatoms. The number of imidazole rings is 1. The van der Waals surface area contributed by atoms with Crippen molar-refractivity contribution >= 4 is 17.2 Å². The molecule has 1 unspecified atom stereocenters. The number of fused-ring (bicyclic) bond motifs is 1. The van der Waals surface area contributed by atoms with Crippen LogP contribution in [0.1, 0.15) is 43.8 Å². The van der Waals surface area contributed by atoms with Gasteiger partial charge in [0.2, 0.25) is 5.91 Å². The van der Waals surface area contributed by atoms with Crippen molar-refractivity contribution in [3.63, 3.8) is 0 Å². The van der Waals surface area contributed by atoms with Gasteiger partial charge in [-0.15, -0.1) is 0 Å². The summed E-state index contributed by atoms with van der Waals surface area (Å²) < 4.78 is 2.01. The number of rotatable bonds is 3. The molecular formula is C23H27N5O3. The molecule has 1 atom stereocenters. The summed E-state index contributed by atoms with van der Waals surface area (Å²) in [4.78, 5) is 23.8. The molecule has 2 aliphatic rings. The highest BCUT2D eigenvalue weighted by atomic mass is 16.3. The first kappa shape index (κ1) is 19.8. The normalized spacial score (nSPS) is 24.0. The Labute approximate surface area is 180 Å². The smallest absolute Gasteiger partial charge is 0.225 e. The molecule has 1 saturated heterocycles. The minimum Gasteiger partial charge on any atom is -0.508 e. The van der Waals surface area contributed by atoms with Crippen LogP contribution in [0.4, 0.5) is 5.82 Å². The number of likely N-dealkylation sites (tertiary alicyclic amines) is 1. The van der Waals surface area contributed by atoms with Gasteiger partial charge in [-0.1, -0.05) is 12.1 Å². The second kappa shape index (κ2) is 7.85. The molecular weight excluding hydrogens is 394 g/mol. The predicted octanol–water partition coefficient (Wildman–Crippen LogP) is 2.55. The van der Waals surface area contributed by atoms with E-state index in [2.05, 4.69) is 4.98 Å². The number of nitrogens with two attached hydrogens (primary N) is 1. The zero-order valence-electron chi connectivity index (χ0n) is 17.3. The Kier molecular flexibility index (Phi) is 5.02. The molecule has 1 saturated carbocycles. The number of hydrogen-bond donors (Lipinski definition) is 3. The number of amides is 1. The van der Waals surface area contributed by atoms with Gasteiger partial charge in [0.25, 0.3) is 0 Å². The Morgan fingerprint density at radius 2 is 1.97 bits per heavy atom. The Bertz CT molecular complexity index is 1120. The number of aromatic hydroxyl groups is 1. The molecule has 2 fully saturated rings. The van der Waals surface area contributed by atoms with Crippen LogP contribution in [0.25, 0.3) is 16.8 Å². The fourth-order valence-corrected chi connectivity index (χ4v) is 5.03. The quantitative estimate of drug-likeness (QED) is 0.598. The van der Waals surface area contributed by atoms with Crippen LogP contribution in [0.2, 0.25) is 0 Å². The Hall–Kier alpha value is -3.13. The molecule has 31 heavy (non-hydrogen) atoms. The Morgan fingerprint density at radius 1 is 1.16 bits per heavy atom. The van der Waals surface area contributed by atoms with Crippen molar-refractivity contribution in [3.05, 3.63) is 42.5 Å². The molecule has 0 bridgehead atoms. The average Bonchev–Trinajstić information content (AvgIpc) is 3.38. The number of phenols is 1. The van der Waals surface area contributed by atoms with Crippen molar-refractivity contribution in [3.8, 4) is 17.0 Å². The zero-order valence-corrected chi connectivity index (χ0v) is 17.3. The third kappa shape index (κ3) is 3.61. The summed E-state index contributed by atoms with van der Waals surface area (Å²) in [5.74, 6) is 1.91. The summed E-state index contributed by atoms with van der Waals surface area (Å²) in [5.41, 5.74) is 8.46. The van der Waals surface area contributed by atoms with E-state index in [1.807, 2.05) is 21.6 Å². The molecule has 2 aromatic heterocycles. The van der Waals surface area contributed by atoms with Crippen LogP contribution < -0.4 is 5.73 Å². The highest BCUT2D eigenvalue weighted by Gasteiger charge is 2.34. The number of carbonyl (C=O) groups is 1. The van der Waals surface area contributed by atoms with Crippen molar-refractivity contribution in [1.29, 1.82) is 0 Å². The fraction of sp³-hybridized carbons (Fsp3) is 0.435. The Morgan fingerprint density at radius 3 is 2.68 bits per heavy atom. The number of β-amino-alcohol motifs (C(OH)–C–C–N with tert-alkyl or cyclic N) is 1. The maximum atomic E-state index is 12.8. The number of benzene rings is 1. The number of anilines is 1. The van der Waals surface area contributed by atoms with Crippen LogP contribution in [0, 0.1) is 5.92 Å². The number of phenolic OH excluding ortho intramolecular Hbond substituents is 1. The summed E-state index contributed by atoms with van der Waals surface area (Å²) >= 11 is 0. The molecule has 4 N–H and O–H groups in total. The number of carbonyl (C=O) groups excluding carboxylic acids is 1. The number of hydrogen-bond acceptors (Lipinski definition) is 6. The van der Waals surface area contributed by atoms with Gasteiger partial charge in [-0.3, -0.25) is 9.20 Å². The summed E-state index contributed by atoms with van der Waals surface area (Å²) in [6, 6.07) is 6.99. The summed E-state index contributed by atoms with van der Waals surface area (Å²) in [7, 11) is 0. The molecule has 1 amide bonds. The summed E-state index contributed by atoms with van der Waals surface area (Å²) in [6.07, 6.45) is 7.21. The molecule has 3 heterocycles. The second-order valence-electron chi connectivity index (χ2n) is 8.68. The maximum absolute atomic E-state index is 12.8. The first-order valence-electron chi connectivity index (χ1n) is 10.9.